The van der Waals surface area contributed by atoms with Gasteiger partial charge in [0.2, 0.25) is 0 Å². The molecular weight excluding hydrogens is 541 g/mol. The molecule has 41 heavy (non-hydrogen) atoms. The van der Waals surface area contributed by atoms with E-state index in [-0.39, 0.29) is 12.4 Å². The molecule has 0 saturated carbocycles. The van der Waals surface area contributed by atoms with Gasteiger partial charge in [0.25, 0.3) is 0 Å². The van der Waals surface area contributed by atoms with Gasteiger partial charge in [0, 0.05) is 49.6 Å². The van der Waals surface area contributed by atoms with E-state index in [0.717, 1.165) is 79.1 Å². The lowest BCUT2D eigenvalue weighted by atomic mass is 10.1. The molecule has 210 valence electrons. The van der Waals surface area contributed by atoms with Gasteiger partial charge in [-0.05, 0) is 71.6 Å². The Kier molecular flexibility index (Phi) is 8.41. The van der Waals surface area contributed by atoms with E-state index in [1.54, 1.807) is 24.5 Å². The highest BCUT2D eigenvalue weighted by Gasteiger charge is 2.12. The number of rotatable bonds is 10. The molecule has 0 atom stereocenters. The molecule has 0 unspecified atom stereocenters. The van der Waals surface area contributed by atoms with Crippen LogP contribution in [0, 0.1) is 5.82 Å². The van der Waals surface area contributed by atoms with E-state index in [4.69, 9.17) is 21.1 Å². The first-order chi connectivity index (χ1) is 20.1. The Balaban J connectivity index is 1.13. The molecule has 0 spiro atoms. The number of nitrogens with one attached hydrogen (secondary N) is 1. The fraction of sp³-hybridized carbons (Fsp3) is 0.250. The topological polar surface area (TPSA) is 64.4 Å². The van der Waals surface area contributed by atoms with Crippen LogP contribution < -0.4 is 10.1 Å². The zero-order valence-electron chi connectivity index (χ0n) is 22.6. The number of morpholine rings is 1. The van der Waals surface area contributed by atoms with Crippen molar-refractivity contribution in [3.05, 3.63) is 102 Å². The van der Waals surface area contributed by atoms with E-state index < -0.39 is 0 Å². The van der Waals surface area contributed by atoms with Crippen molar-refractivity contribution in [2.75, 3.05) is 38.2 Å². The first kappa shape index (κ1) is 27.2. The van der Waals surface area contributed by atoms with Crippen molar-refractivity contribution in [1.29, 1.82) is 0 Å². The third kappa shape index (κ3) is 6.85. The van der Waals surface area contributed by atoms with Gasteiger partial charge in [-0.1, -0.05) is 29.8 Å². The van der Waals surface area contributed by atoms with E-state index in [9.17, 15) is 4.39 Å². The molecule has 0 amide bonds. The van der Waals surface area contributed by atoms with Crippen LogP contribution in [0.4, 0.5) is 15.9 Å². The van der Waals surface area contributed by atoms with Crippen molar-refractivity contribution in [2.45, 2.75) is 19.6 Å². The molecule has 3 heterocycles. The van der Waals surface area contributed by atoms with Gasteiger partial charge in [-0.3, -0.25) is 4.90 Å². The molecule has 7 nitrogen and oxygen atoms in total. The summed E-state index contributed by atoms with van der Waals surface area (Å²) in [4.78, 5) is 11.4. The smallest absolute Gasteiger partial charge is 0.141 e. The lowest BCUT2D eigenvalue weighted by Gasteiger charge is -2.26. The molecule has 5 aromatic rings. The van der Waals surface area contributed by atoms with Gasteiger partial charge in [-0.15, -0.1) is 0 Å². The van der Waals surface area contributed by atoms with Gasteiger partial charge in [-0.2, -0.15) is 0 Å². The Bertz CT molecular complexity index is 1640. The van der Waals surface area contributed by atoms with Crippen molar-refractivity contribution in [3.63, 3.8) is 0 Å². The van der Waals surface area contributed by atoms with Gasteiger partial charge in [0.05, 0.1) is 23.8 Å². The number of hydrogen-bond donors (Lipinski definition) is 1. The summed E-state index contributed by atoms with van der Waals surface area (Å²) in [7, 11) is 0. The molecule has 9 heteroatoms. The second kappa shape index (κ2) is 12.7. The van der Waals surface area contributed by atoms with Crippen LogP contribution in [-0.4, -0.2) is 52.3 Å². The number of aryl methyl sites for hydroxylation is 1. The summed E-state index contributed by atoms with van der Waals surface area (Å²) in [5.41, 5.74) is 4.59. The fourth-order valence-corrected chi connectivity index (χ4v) is 5.24. The van der Waals surface area contributed by atoms with Crippen LogP contribution in [-0.2, 0) is 17.9 Å². The Morgan fingerprint density at radius 1 is 0.951 bits per heavy atom. The van der Waals surface area contributed by atoms with Crippen molar-refractivity contribution in [1.82, 2.24) is 19.4 Å². The quantitative estimate of drug-likeness (QED) is 0.196. The van der Waals surface area contributed by atoms with Crippen LogP contribution in [0.15, 0.2) is 85.5 Å². The zero-order valence-corrected chi connectivity index (χ0v) is 23.4. The average Bonchev–Trinajstić information content (AvgIpc) is 3.46. The maximum Gasteiger partial charge on any atom is 0.141 e. The number of aromatic nitrogens is 3. The third-order valence-electron chi connectivity index (χ3n) is 7.19. The predicted molar refractivity (Wildman–Crippen MR) is 160 cm³/mol. The standard InChI is InChI=1S/C32H31ClFN5O2/c33-29-19-27(6-8-31(29)41-21-23-3-1-4-26(34)17-23)37-32-28-18-24(5-7-30(28)35-22-36-32)25-9-12-39(20-25)11-2-10-38-13-15-40-16-14-38/h1,3-9,12,17-20,22H,2,10-11,13-16,21H2,(H,35,36,37). The minimum absolute atomic E-state index is 0.221. The average molecular weight is 572 g/mol. The monoisotopic (exact) mass is 571 g/mol. The van der Waals surface area contributed by atoms with Crippen LogP contribution in [0.1, 0.15) is 12.0 Å². The summed E-state index contributed by atoms with van der Waals surface area (Å²) in [5.74, 6) is 0.908. The minimum atomic E-state index is -0.297. The maximum absolute atomic E-state index is 13.5. The molecular formula is C32H31ClFN5O2. The van der Waals surface area contributed by atoms with Gasteiger partial charge in [0.1, 0.15) is 30.3 Å². The summed E-state index contributed by atoms with van der Waals surface area (Å²) in [6.45, 7) is 5.99. The van der Waals surface area contributed by atoms with Crippen LogP contribution in [0.5, 0.6) is 5.75 Å². The normalized spacial score (nSPS) is 13.9. The number of benzene rings is 3. The SMILES string of the molecule is Fc1cccc(COc2ccc(Nc3ncnc4ccc(-c5ccn(CCCN6CCOCC6)c5)cc34)cc2Cl)c1. The molecule has 1 aliphatic rings. The highest BCUT2D eigenvalue weighted by atomic mass is 35.5. The molecule has 0 bridgehead atoms. The van der Waals surface area contributed by atoms with Gasteiger partial charge in [-0.25, -0.2) is 14.4 Å². The number of fused-ring (bicyclic) bond motifs is 1. The van der Waals surface area contributed by atoms with Gasteiger partial charge in [0.15, 0.2) is 0 Å². The van der Waals surface area contributed by atoms with Crippen LogP contribution in [0.25, 0.3) is 22.0 Å². The second-order valence-corrected chi connectivity index (χ2v) is 10.5. The number of hydrogen-bond acceptors (Lipinski definition) is 6. The lowest BCUT2D eigenvalue weighted by Crippen LogP contribution is -2.37. The number of halogens is 2. The van der Waals surface area contributed by atoms with Crippen molar-refractivity contribution in [2.24, 2.45) is 0 Å². The summed E-state index contributed by atoms with van der Waals surface area (Å²) in [5, 5.41) is 4.73. The Morgan fingerprint density at radius 3 is 2.71 bits per heavy atom. The molecule has 0 aliphatic carbocycles. The van der Waals surface area contributed by atoms with Gasteiger partial charge >= 0.3 is 0 Å². The molecule has 0 radical (unpaired) electrons. The van der Waals surface area contributed by atoms with E-state index >= 15 is 0 Å². The van der Waals surface area contributed by atoms with E-state index in [2.05, 4.69) is 55.3 Å². The van der Waals surface area contributed by atoms with E-state index in [0.29, 0.717) is 16.6 Å². The Hall–Kier alpha value is -3.98. The summed E-state index contributed by atoms with van der Waals surface area (Å²) in [6, 6.07) is 20.1. The minimum Gasteiger partial charge on any atom is -0.487 e. The third-order valence-corrected chi connectivity index (χ3v) is 7.49. The highest BCUT2D eigenvalue weighted by Crippen LogP contribution is 2.32. The molecule has 2 aromatic heterocycles. The molecule has 6 rings (SSSR count). The molecule has 1 saturated heterocycles. The molecule has 1 aliphatic heterocycles. The Morgan fingerprint density at radius 2 is 1.85 bits per heavy atom. The number of anilines is 2. The van der Waals surface area contributed by atoms with Crippen molar-refractivity contribution < 1.29 is 13.9 Å². The second-order valence-electron chi connectivity index (χ2n) is 10.1. The summed E-state index contributed by atoms with van der Waals surface area (Å²) < 4.78 is 27.0. The molecule has 1 fully saturated rings. The first-order valence-electron chi connectivity index (χ1n) is 13.8. The van der Waals surface area contributed by atoms with Crippen LogP contribution in [0.3, 0.4) is 0 Å². The highest BCUT2D eigenvalue weighted by molar-refractivity contribution is 6.32. The van der Waals surface area contributed by atoms with Gasteiger partial charge < -0.3 is 19.4 Å². The van der Waals surface area contributed by atoms with Crippen LogP contribution in [0.2, 0.25) is 5.02 Å². The first-order valence-corrected chi connectivity index (χ1v) is 14.1. The summed E-state index contributed by atoms with van der Waals surface area (Å²) in [6.07, 6.45) is 6.98. The summed E-state index contributed by atoms with van der Waals surface area (Å²) >= 11 is 6.52. The lowest BCUT2D eigenvalue weighted by molar-refractivity contribution is 0.0369. The van der Waals surface area contributed by atoms with Crippen molar-refractivity contribution >= 4 is 34.0 Å². The number of nitrogens with zero attached hydrogens (tertiary/aromatic N) is 4. The van der Waals surface area contributed by atoms with Crippen LogP contribution >= 0.6 is 11.6 Å². The largest absolute Gasteiger partial charge is 0.487 e. The van der Waals surface area contributed by atoms with Crippen molar-refractivity contribution in [3.8, 4) is 16.9 Å². The zero-order chi connectivity index (χ0) is 28.0. The molecule has 1 N–H and O–H groups in total. The Labute approximate surface area is 243 Å². The molecule has 3 aromatic carbocycles. The predicted octanol–water partition coefficient (Wildman–Crippen LogP) is 6.94. The number of ether oxygens (including phenoxy) is 2. The van der Waals surface area contributed by atoms with E-state index in [1.165, 1.54) is 12.1 Å². The maximum atomic E-state index is 13.5. The van der Waals surface area contributed by atoms with E-state index in [1.807, 2.05) is 18.2 Å². The fourth-order valence-electron chi connectivity index (χ4n) is 5.01.